The topological polar surface area (TPSA) is 9.23 Å². The first kappa shape index (κ1) is 16.1. The zero-order valence-corrected chi connectivity index (χ0v) is 14.8. The summed E-state index contributed by atoms with van der Waals surface area (Å²) in [4.78, 5) is 0. The standard InChI is InChI=1S/C19H24ClFN2O/c1-15(18-13-22(14-20)9-11-23(18,21)12-10-22)24-19-8-4-6-16-5-2-3-7-17(16)19/h2-8,15,18H,9-14H2,1H3/q+2/t15-,18?,22?,23?/m1/s1. The van der Waals surface area contributed by atoms with E-state index in [2.05, 4.69) is 18.2 Å². The largest absolute Gasteiger partial charge is 0.483 e. The third-order valence-electron chi connectivity index (χ3n) is 5.92. The number of hydrogen-bond acceptors (Lipinski definition) is 1. The molecule has 5 rings (SSSR count). The molecule has 0 spiro atoms. The smallest absolute Gasteiger partial charge is 0.211 e. The maximum absolute atomic E-state index is 15.4. The Hall–Kier alpha value is -1.36. The van der Waals surface area contributed by atoms with Crippen LogP contribution in [0.2, 0.25) is 0 Å². The number of nitrogens with zero attached hydrogens (tertiary/aromatic N) is 2. The first-order valence-corrected chi connectivity index (χ1v) is 9.21. The summed E-state index contributed by atoms with van der Waals surface area (Å²) < 4.78 is 22.1. The van der Waals surface area contributed by atoms with Crippen LogP contribution in [0.5, 0.6) is 5.75 Å². The van der Waals surface area contributed by atoms with Crippen molar-refractivity contribution in [3.63, 3.8) is 0 Å². The minimum Gasteiger partial charge on any atom is -0.483 e. The molecular formula is C19H24ClFN2O+2. The van der Waals surface area contributed by atoms with Crippen LogP contribution in [0.4, 0.5) is 4.48 Å². The number of benzene rings is 2. The lowest BCUT2D eigenvalue weighted by molar-refractivity contribution is -1.16. The summed E-state index contributed by atoms with van der Waals surface area (Å²) in [6.07, 6.45) is -0.192. The van der Waals surface area contributed by atoms with E-state index in [0.29, 0.717) is 19.1 Å². The van der Waals surface area contributed by atoms with Gasteiger partial charge in [-0.25, -0.2) is 0 Å². The normalized spacial score (nSPS) is 33.5. The van der Waals surface area contributed by atoms with Crippen LogP contribution in [-0.2, 0) is 0 Å². The van der Waals surface area contributed by atoms with Crippen molar-refractivity contribution in [3.8, 4) is 5.75 Å². The van der Waals surface area contributed by atoms with Crippen LogP contribution < -0.4 is 4.74 Å². The average Bonchev–Trinajstić information content (AvgIpc) is 2.62. The van der Waals surface area contributed by atoms with Crippen LogP contribution in [0.1, 0.15) is 6.92 Å². The second-order valence-electron chi connectivity index (χ2n) is 7.33. The highest BCUT2D eigenvalue weighted by molar-refractivity contribution is 6.17. The first-order valence-electron chi connectivity index (χ1n) is 8.67. The molecule has 3 aliphatic heterocycles. The Morgan fingerprint density at radius 2 is 1.83 bits per heavy atom. The lowest BCUT2D eigenvalue weighted by atomic mass is 10.00. The van der Waals surface area contributed by atoms with E-state index in [0.717, 1.165) is 40.6 Å². The average molecular weight is 351 g/mol. The van der Waals surface area contributed by atoms with Gasteiger partial charge in [0, 0.05) is 5.39 Å². The van der Waals surface area contributed by atoms with E-state index in [-0.39, 0.29) is 16.9 Å². The predicted octanol–water partition coefficient (Wildman–Crippen LogP) is 3.72. The fourth-order valence-corrected chi connectivity index (χ4v) is 4.64. The Morgan fingerprint density at radius 1 is 1.12 bits per heavy atom. The quantitative estimate of drug-likeness (QED) is 0.353. The minimum atomic E-state index is -0.372. The lowest BCUT2D eigenvalue weighted by Gasteiger charge is -2.53. The predicted molar refractivity (Wildman–Crippen MR) is 94.5 cm³/mol. The van der Waals surface area contributed by atoms with Crippen LogP contribution in [0.15, 0.2) is 42.5 Å². The molecule has 0 aromatic heterocycles. The van der Waals surface area contributed by atoms with Crippen LogP contribution in [0.25, 0.3) is 10.8 Å². The summed E-state index contributed by atoms with van der Waals surface area (Å²) >= 11 is 6.22. The van der Waals surface area contributed by atoms with E-state index < -0.39 is 0 Å². The molecule has 3 nitrogen and oxygen atoms in total. The van der Waals surface area contributed by atoms with E-state index in [1.54, 1.807) is 0 Å². The third-order valence-corrected chi connectivity index (χ3v) is 6.43. The molecule has 0 N–H and O–H groups in total. The molecule has 128 valence electrons. The van der Waals surface area contributed by atoms with Gasteiger partial charge >= 0.3 is 0 Å². The highest BCUT2D eigenvalue weighted by atomic mass is 35.5. The van der Waals surface area contributed by atoms with Crippen LogP contribution in [0, 0.1) is 0 Å². The van der Waals surface area contributed by atoms with Crippen molar-refractivity contribution >= 4 is 22.4 Å². The second-order valence-corrected chi connectivity index (χ2v) is 7.57. The van der Waals surface area contributed by atoms with Gasteiger partial charge in [-0.05, 0) is 22.9 Å². The maximum atomic E-state index is 15.4. The number of quaternary nitrogens is 2. The molecule has 2 atom stereocenters. The van der Waals surface area contributed by atoms with E-state index in [1.165, 1.54) is 0 Å². The minimum absolute atomic E-state index is 0.162. The van der Waals surface area contributed by atoms with Crippen LogP contribution in [-0.4, -0.2) is 60.1 Å². The molecule has 24 heavy (non-hydrogen) atoms. The number of alkyl halides is 1. The van der Waals surface area contributed by atoms with E-state index >= 15 is 4.48 Å². The number of rotatable bonds is 4. The lowest BCUT2D eigenvalue weighted by Crippen LogP contribution is -2.78. The van der Waals surface area contributed by atoms with Crippen LogP contribution >= 0.6 is 11.6 Å². The van der Waals surface area contributed by atoms with E-state index in [9.17, 15) is 0 Å². The number of ether oxygens (including phenoxy) is 1. The number of halogens is 2. The van der Waals surface area contributed by atoms with Crippen molar-refractivity contribution in [2.24, 2.45) is 0 Å². The highest BCUT2D eigenvalue weighted by Gasteiger charge is 2.59. The van der Waals surface area contributed by atoms with Gasteiger partial charge in [-0.3, -0.25) is 4.48 Å². The van der Waals surface area contributed by atoms with Gasteiger partial charge < -0.3 is 4.74 Å². The van der Waals surface area contributed by atoms with Gasteiger partial charge in [0.25, 0.3) is 0 Å². The zero-order valence-electron chi connectivity index (χ0n) is 14.0. The van der Waals surface area contributed by atoms with Gasteiger partial charge in [0.1, 0.15) is 25.4 Å². The van der Waals surface area contributed by atoms with Crippen LogP contribution in [0.3, 0.4) is 0 Å². The Balaban J connectivity index is 1.61. The molecule has 5 heteroatoms. The summed E-state index contributed by atoms with van der Waals surface area (Å²) in [6.45, 7) is 5.50. The number of fused-ring (bicyclic) bond motifs is 4. The first-order chi connectivity index (χ1) is 11.6. The molecule has 3 fully saturated rings. The molecule has 2 aromatic rings. The monoisotopic (exact) mass is 350 g/mol. The Labute approximate surface area is 147 Å². The Morgan fingerprint density at radius 3 is 2.58 bits per heavy atom. The van der Waals surface area contributed by atoms with Gasteiger partial charge in [0.05, 0.1) is 0 Å². The van der Waals surface area contributed by atoms with E-state index in [1.807, 2.05) is 31.2 Å². The third kappa shape index (κ3) is 2.57. The Kier molecular flexibility index (Phi) is 3.94. The van der Waals surface area contributed by atoms with Gasteiger partial charge in [-0.15, -0.1) is 4.71 Å². The number of piperazine rings is 3. The summed E-state index contributed by atoms with van der Waals surface area (Å²) in [5.41, 5.74) is 0. The molecular weight excluding hydrogens is 327 g/mol. The SMILES string of the molecule is C[C@@H](Oc1cccc2ccccc12)C1C[N+]2(CCl)CC[N+]1(F)CC2. The number of hydrogen-bond donors (Lipinski definition) is 0. The zero-order chi connectivity index (χ0) is 16.8. The second kappa shape index (κ2) is 5.87. The van der Waals surface area contributed by atoms with Crippen molar-refractivity contribution < 1.29 is 18.4 Å². The Bertz CT molecular complexity index is 740. The molecule has 0 amide bonds. The summed E-state index contributed by atoms with van der Waals surface area (Å²) in [5.74, 6) is 0.835. The van der Waals surface area contributed by atoms with Gasteiger partial charge in [-0.1, -0.05) is 48.0 Å². The fourth-order valence-electron chi connectivity index (χ4n) is 4.31. The van der Waals surface area contributed by atoms with E-state index in [4.69, 9.17) is 16.3 Å². The van der Waals surface area contributed by atoms with Crippen molar-refractivity contribution in [2.75, 3.05) is 38.7 Å². The molecule has 2 aromatic carbocycles. The molecule has 3 aliphatic rings. The molecule has 0 saturated carbocycles. The van der Waals surface area contributed by atoms with Crippen molar-refractivity contribution in [1.29, 1.82) is 0 Å². The van der Waals surface area contributed by atoms with Gasteiger partial charge in [-0.2, -0.15) is 0 Å². The fraction of sp³-hybridized carbons (Fsp3) is 0.474. The van der Waals surface area contributed by atoms with Crippen molar-refractivity contribution in [2.45, 2.75) is 19.1 Å². The summed E-state index contributed by atoms with van der Waals surface area (Å²) in [7, 11) is 0. The highest BCUT2D eigenvalue weighted by Crippen LogP contribution is 2.36. The molecule has 0 radical (unpaired) electrons. The van der Waals surface area contributed by atoms with Gasteiger partial charge in [0.15, 0.2) is 25.2 Å². The molecule has 1 unspecified atom stereocenters. The molecule has 3 heterocycles. The molecule has 2 bridgehead atoms. The van der Waals surface area contributed by atoms with Crippen molar-refractivity contribution in [3.05, 3.63) is 42.5 Å². The molecule has 0 aliphatic carbocycles. The van der Waals surface area contributed by atoms with Gasteiger partial charge in [0.2, 0.25) is 6.04 Å². The summed E-state index contributed by atoms with van der Waals surface area (Å²) in [6, 6.07) is 14.6. The maximum Gasteiger partial charge on any atom is 0.211 e. The van der Waals surface area contributed by atoms with Crippen molar-refractivity contribution in [1.82, 2.24) is 0 Å². The summed E-state index contributed by atoms with van der Waals surface area (Å²) in [5, 5.41) is 2.22. The molecule has 3 saturated heterocycles.